The molecule has 4 nitrogen and oxygen atoms in total. The molecule has 1 aromatic heterocycles. The lowest BCUT2D eigenvalue weighted by atomic mass is 9.95. The highest BCUT2D eigenvalue weighted by molar-refractivity contribution is 5.78. The minimum Gasteiger partial charge on any atom is -0.352 e. The van der Waals surface area contributed by atoms with E-state index >= 15 is 0 Å². The van der Waals surface area contributed by atoms with Crippen molar-refractivity contribution in [3.8, 4) is 0 Å². The number of rotatable bonds is 6. The van der Waals surface area contributed by atoms with E-state index in [-0.39, 0.29) is 5.91 Å². The Morgan fingerprint density at radius 1 is 1.30 bits per heavy atom. The van der Waals surface area contributed by atoms with Gasteiger partial charge in [0.1, 0.15) is 0 Å². The van der Waals surface area contributed by atoms with Crippen molar-refractivity contribution in [1.82, 2.24) is 15.2 Å². The summed E-state index contributed by atoms with van der Waals surface area (Å²) in [4.78, 5) is 18.1. The summed E-state index contributed by atoms with van der Waals surface area (Å²) >= 11 is 0. The Labute approximate surface area is 121 Å². The van der Waals surface area contributed by atoms with Gasteiger partial charge in [-0.05, 0) is 44.0 Å². The summed E-state index contributed by atoms with van der Waals surface area (Å²) in [5.41, 5.74) is 1.26. The zero-order chi connectivity index (χ0) is 14.2. The lowest BCUT2D eigenvalue weighted by Gasteiger charge is -2.24. The number of nitrogens with one attached hydrogen (secondary N) is 1. The maximum absolute atomic E-state index is 12.0. The second-order valence-electron chi connectivity index (χ2n) is 5.75. The molecule has 0 radical (unpaired) electrons. The zero-order valence-corrected chi connectivity index (χ0v) is 12.3. The second kappa shape index (κ2) is 8.00. The van der Waals surface area contributed by atoms with Crippen molar-refractivity contribution in [2.75, 3.05) is 20.1 Å². The highest BCUT2D eigenvalue weighted by Gasteiger charge is 2.16. The Morgan fingerprint density at radius 2 is 2.00 bits per heavy atom. The van der Waals surface area contributed by atoms with Gasteiger partial charge in [-0.25, -0.2) is 0 Å². The molecule has 2 rings (SSSR count). The molecule has 1 aliphatic carbocycles. The molecule has 0 atom stereocenters. The van der Waals surface area contributed by atoms with E-state index in [4.69, 9.17) is 0 Å². The average molecular weight is 275 g/mol. The van der Waals surface area contributed by atoms with Crippen molar-refractivity contribution in [2.45, 2.75) is 44.6 Å². The Balaban J connectivity index is 1.65. The maximum atomic E-state index is 12.0. The van der Waals surface area contributed by atoms with Crippen LogP contribution >= 0.6 is 0 Å². The summed E-state index contributed by atoms with van der Waals surface area (Å²) in [6, 6.07) is 4.45. The standard InChI is InChI=1S/C16H25N3O/c1-19(12-9-14-7-10-17-11-8-14)13-16(20)18-15-5-3-2-4-6-15/h7-8,10-11,15H,2-6,9,12-13H2,1H3,(H,18,20). The minimum absolute atomic E-state index is 0.161. The molecule has 1 N–H and O–H groups in total. The van der Waals surface area contributed by atoms with Crippen molar-refractivity contribution < 1.29 is 4.79 Å². The average Bonchev–Trinajstić information content (AvgIpc) is 2.47. The van der Waals surface area contributed by atoms with Crippen molar-refractivity contribution in [1.29, 1.82) is 0 Å². The third-order valence-corrected chi connectivity index (χ3v) is 3.92. The van der Waals surface area contributed by atoms with Gasteiger partial charge in [0.05, 0.1) is 6.54 Å². The molecule has 110 valence electrons. The first-order valence-corrected chi connectivity index (χ1v) is 7.61. The van der Waals surface area contributed by atoms with Crippen LogP contribution in [0.25, 0.3) is 0 Å². The van der Waals surface area contributed by atoms with E-state index in [2.05, 4.69) is 15.2 Å². The van der Waals surface area contributed by atoms with E-state index in [9.17, 15) is 4.79 Å². The Bertz CT molecular complexity index is 401. The van der Waals surface area contributed by atoms with Gasteiger partial charge in [0, 0.05) is 25.0 Å². The van der Waals surface area contributed by atoms with Crippen LogP contribution in [0.2, 0.25) is 0 Å². The van der Waals surface area contributed by atoms with Gasteiger partial charge in [-0.3, -0.25) is 14.7 Å². The topological polar surface area (TPSA) is 45.2 Å². The van der Waals surface area contributed by atoms with Crippen LogP contribution in [0.4, 0.5) is 0 Å². The number of hydrogen-bond donors (Lipinski definition) is 1. The number of aromatic nitrogens is 1. The zero-order valence-electron chi connectivity index (χ0n) is 12.3. The predicted octanol–water partition coefficient (Wildman–Crippen LogP) is 2.00. The number of carbonyl (C=O) groups is 1. The van der Waals surface area contributed by atoms with Crippen LogP contribution in [0.15, 0.2) is 24.5 Å². The third kappa shape index (κ3) is 5.29. The summed E-state index contributed by atoms with van der Waals surface area (Å²) in [7, 11) is 2.00. The molecule has 0 aromatic carbocycles. The largest absolute Gasteiger partial charge is 0.352 e. The van der Waals surface area contributed by atoms with Gasteiger partial charge < -0.3 is 5.32 Å². The van der Waals surface area contributed by atoms with E-state index < -0.39 is 0 Å². The fourth-order valence-electron chi connectivity index (χ4n) is 2.71. The van der Waals surface area contributed by atoms with Gasteiger partial charge in [-0.15, -0.1) is 0 Å². The van der Waals surface area contributed by atoms with Gasteiger partial charge in [-0.1, -0.05) is 19.3 Å². The number of likely N-dealkylation sites (N-methyl/N-ethyl adjacent to an activating group) is 1. The summed E-state index contributed by atoms with van der Waals surface area (Å²) < 4.78 is 0. The summed E-state index contributed by atoms with van der Waals surface area (Å²) in [6.45, 7) is 1.38. The Hall–Kier alpha value is -1.42. The van der Waals surface area contributed by atoms with Crippen molar-refractivity contribution in [3.63, 3.8) is 0 Å². The minimum atomic E-state index is 0.161. The lowest BCUT2D eigenvalue weighted by molar-refractivity contribution is -0.122. The summed E-state index contributed by atoms with van der Waals surface area (Å²) in [5, 5.41) is 3.16. The molecular formula is C16H25N3O. The molecular weight excluding hydrogens is 250 g/mol. The molecule has 20 heavy (non-hydrogen) atoms. The highest BCUT2D eigenvalue weighted by Crippen LogP contribution is 2.17. The quantitative estimate of drug-likeness (QED) is 0.863. The van der Waals surface area contributed by atoms with Crippen molar-refractivity contribution in [3.05, 3.63) is 30.1 Å². The molecule has 0 bridgehead atoms. The van der Waals surface area contributed by atoms with Crippen LogP contribution in [0.3, 0.4) is 0 Å². The van der Waals surface area contributed by atoms with Crippen molar-refractivity contribution >= 4 is 5.91 Å². The van der Waals surface area contributed by atoms with Crippen LogP contribution in [0, 0.1) is 0 Å². The van der Waals surface area contributed by atoms with Gasteiger partial charge in [0.15, 0.2) is 0 Å². The van der Waals surface area contributed by atoms with E-state index in [0.717, 1.165) is 25.8 Å². The van der Waals surface area contributed by atoms with Crippen LogP contribution in [-0.4, -0.2) is 42.0 Å². The summed E-state index contributed by atoms with van der Waals surface area (Å²) in [5.74, 6) is 0.161. The van der Waals surface area contributed by atoms with Gasteiger partial charge >= 0.3 is 0 Å². The fourth-order valence-corrected chi connectivity index (χ4v) is 2.71. The monoisotopic (exact) mass is 275 g/mol. The second-order valence-corrected chi connectivity index (χ2v) is 5.75. The molecule has 1 saturated carbocycles. The molecule has 1 amide bonds. The normalized spacial score (nSPS) is 16.3. The number of nitrogens with zero attached hydrogens (tertiary/aromatic N) is 2. The highest BCUT2D eigenvalue weighted by atomic mass is 16.2. The molecule has 1 aliphatic rings. The van der Waals surface area contributed by atoms with Gasteiger partial charge in [0.2, 0.25) is 5.91 Å². The predicted molar refractivity (Wildman–Crippen MR) is 80.5 cm³/mol. The van der Waals surface area contributed by atoms with Gasteiger partial charge in [0.25, 0.3) is 0 Å². The molecule has 1 fully saturated rings. The molecule has 1 aromatic rings. The van der Waals surface area contributed by atoms with Crippen molar-refractivity contribution in [2.24, 2.45) is 0 Å². The molecule has 0 spiro atoms. The number of amides is 1. The lowest BCUT2D eigenvalue weighted by Crippen LogP contribution is -2.42. The first kappa shape index (κ1) is 15.0. The SMILES string of the molecule is CN(CCc1ccncc1)CC(=O)NC1CCCCC1. The third-order valence-electron chi connectivity index (χ3n) is 3.92. The van der Waals surface area contributed by atoms with E-state index in [1.807, 2.05) is 31.6 Å². The number of hydrogen-bond acceptors (Lipinski definition) is 3. The fraction of sp³-hybridized carbons (Fsp3) is 0.625. The molecule has 4 heteroatoms. The van der Waals surface area contributed by atoms with Crippen LogP contribution in [0.5, 0.6) is 0 Å². The Kier molecular flexibility index (Phi) is 5.99. The van der Waals surface area contributed by atoms with Crippen LogP contribution in [-0.2, 0) is 11.2 Å². The number of pyridine rings is 1. The van der Waals surface area contributed by atoms with E-state index in [1.165, 1.54) is 24.8 Å². The van der Waals surface area contributed by atoms with E-state index in [0.29, 0.717) is 12.6 Å². The van der Waals surface area contributed by atoms with E-state index in [1.54, 1.807) is 0 Å². The molecule has 1 heterocycles. The van der Waals surface area contributed by atoms with Crippen LogP contribution < -0.4 is 5.32 Å². The Morgan fingerprint density at radius 3 is 2.70 bits per heavy atom. The number of carbonyl (C=O) groups excluding carboxylic acids is 1. The van der Waals surface area contributed by atoms with Crippen LogP contribution in [0.1, 0.15) is 37.7 Å². The van der Waals surface area contributed by atoms with Gasteiger partial charge in [-0.2, -0.15) is 0 Å². The molecule has 0 saturated heterocycles. The first-order chi connectivity index (χ1) is 9.74. The summed E-state index contributed by atoms with van der Waals surface area (Å²) in [6.07, 6.45) is 10.7. The maximum Gasteiger partial charge on any atom is 0.234 e. The smallest absolute Gasteiger partial charge is 0.234 e. The first-order valence-electron chi connectivity index (χ1n) is 7.61. The molecule has 0 aliphatic heterocycles. The molecule has 0 unspecified atom stereocenters.